The van der Waals surface area contributed by atoms with Crippen molar-refractivity contribution >= 4 is 5.91 Å². The number of amides is 1. The van der Waals surface area contributed by atoms with E-state index in [1.54, 1.807) is 7.11 Å². The molecule has 2 aromatic rings. The summed E-state index contributed by atoms with van der Waals surface area (Å²) in [6.07, 6.45) is 11.1. The summed E-state index contributed by atoms with van der Waals surface area (Å²) in [4.78, 5) is 19.1. The van der Waals surface area contributed by atoms with E-state index >= 15 is 0 Å². The fourth-order valence-corrected chi connectivity index (χ4v) is 4.05. The first kappa shape index (κ1) is 22.3. The second-order valence-electron chi connectivity index (χ2n) is 8.21. The first-order valence-corrected chi connectivity index (χ1v) is 11.5. The quantitative estimate of drug-likeness (QED) is 0.449. The van der Waals surface area contributed by atoms with E-state index in [0.29, 0.717) is 24.0 Å². The standard InChI is InChI=1S/C24H35N3O3/c1-3-4-5-6-7-8-9-13-22(28)27-16-14-19(15-17-27)24-25-23(26-30-24)20-11-10-12-21(18-20)29-2/h10-12,18-19H,3-9,13-17H2,1-2H3. The molecule has 0 atom stereocenters. The SMILES string of the molecule is CCCCCCCCCC(=O)N1CCC(c2nc(-c3cccc(OC)c3)no2)CC1. The average Bonchev–Trinajstić information content (AvgIpc) is 3.29. The van der Waals surface area contributed by atoms with Gasteiger partial charge in [-0.1, -0.05) is 62.7 Å². The van der Waals surface area contributed by atoms with Crippen LogP contribution in [0, 0.1) is 0 Å². The van der Waals surface area contributed by atoms with Crippen LogP contribution in [0.2, 0.25) is 0 Å². The largest absolute Gasteiger partial charge is 0.497 e. The number of nitrogens with zero attached hydrogens (tertiary/aromatic N) is 3. The molecular weight excluding hydrogens is 378 g/mol. The first-order chi connectivity index (χ1) is 14.7. The van der Waals surface area contributed by atoms with Gasteiger partial charge in [0.05, 0.1) is 7.11 Å². The number of rotatable bonds is 11. The topological polar surface area (TPSA) is 68.5 Å². The number of aromatic nitrogens is 2. The molecule has 30 heavy (non-hydrogen) atoms. The van der Waals surface area contributed by atoms with Gasteiger partial charge in [0, 0.05) is 31.0 Å². The van der Waals surface area contributed by atoms with Crippen molar-refractivity contribution in [3.8, 4) is 17.1 Å². The third-order valence-electron chi connectivity index (χ3n) is 5.96. The summed E-state index contributed by atoms with van der Waals surface area (Å²) < 4.78 is 10.8. The number of ether oxygens (including phenoxy) is 1. The Morgan fingerprint density at radius 1 is 1.13 bits per heavy atom. The van der Waals surface area contributed by atoms with Crippen molar-refractivity contribution in [2.45, 2.75) is 77.0 Å². The monoisotopic (exact) mass is 413 g/mol. The minimum absolute atomic E-state index is 0.222. The van der Waals surface area contributed by atoms with E-state index in [4.69, 9.17) is 9.26 Å². The molecule has 0 aliphatic carbocycles. The molecule has 1 aromatic carbocycles. The summed E-state index contributed by atoms with van der Waals surface area (Å²) in [7, 11) is 1.64. The maximum absolute atomic E-state index is 12.5. The van der Waals surface area contributed by atoms with Gasteiger partial charge in [0.1, 0.15) is 5.75 Å². The summed E-state index contributed by atoms with van der Waals surface area (Å²) in [6.45, 7) is 3.79. The number of carbonyl (C=O) groups excluding carboxylic acids is 1. The molecule has 0 saturated carbocycles. The molecule has 1 aromatic heterocycles. The van der Waals surface area contributed by atoms with Crippen molar-refractivity contribution in [1.82, 2.24) is 15.0 Å². The van der Waals surface area contributed by atoms with Crippen molar-refractivity contribution in [2.75, 3.05) is 20.2 Å². The fraction of sp³-hybridized carbons (Fsp3) is 0.625. The Bertz CT molecular complexity index is 782. The molecule has 1 saturated heterocycles. The highest BCUT2D eigenvalue weighted by atomic mass is 16.5. The number of methoxy groups -OCH3 is 1. The number of unbranched alkanes of at least 4 members (excludes halogenated alkanes) is 6. The van der Waals surface area contributed by atoms with Gasteiger partial charge in [-0.15, -0.1) is 0 Å². The summed E-state index contributed by atoms with van der Waals surface area (Å²) in [5.74, 6) is 2.55. The fourth-order valence-electron chi connectivity index (χ4n) is 4.05. The van der Waals surface area contributed by atoms with E-state index in [0.717, 1.165) is 43.7 Å². The first-order valence-electron chi connectivity index (χ1n) is 11.5. The summed E-state index contributed by atoms with van der Waals surface area (Å²) in [5.41, 5.74) is 0.881. The number of hydrogen-bond acceptors (Lipinski definition) is 5. The number of piperidine rings is 1. The summed E-state index contributed by atoms with van der Waals surface area (Å²) in [6, 6.07) is 7.66. The lowest BCUT2D eigenvalue weighted by Crippen LogP contribution is -2.37. The third kappa shape index (κ3) is 6.31. The molecule has 6 heteroatoms. The minimum atomic E-state index is 0.222. The van der Waals surface area contributed by atoms with Crippen molar-refractivity contribution in [1.29, 1.82) is 0 Å². The van der Waals surface area contributed by atoms with Crippen molar-refractivity contribution < 1.29 is 14.1 Å². The second kappa shape index (κ2) is 11.7. The van der Waals surface area contributed by atoms with Crippen LogP contribution in [0.15, 0.2) is 28.8 Å². The summed E-state index contributed by atoms with van der Waals surface area (Å²) >= 11 is 0. The Morgan fingerprint density at radius 3 is 2.60 bits per heavy atom. The van der Waals surface area contributed by atoms with Crippen LogP contribution in [0.25, 0.3) is 11.4 Å². The molecule has 2 heterocycles. The van der Waals surface area contributed by atoms with Gasteiger partial charge in [0.2, 0.25) is 17.6 Å². The van der Waals surface area contributed by atoms with Gasteiger partial charge in [0.25, 0.3) is 0 Å². The lowest BCUT2D eigenvalue weighted by molar-refractivity contribution is -0.132. The van der Waals surface area contributed by atoms with Crippen LogP contribution >= 0.6 is 0 Å². The molecule has 0 N–H and O–H groups in total. The van der Waals surface area contributed by atoms with Crippen LogP contribution < -0.4 is 4.74 Å². The highest BCUT2D eigenvalue weighted by Crippen LogP contribution is 2.29. The van der Waals surface area contributed by atoms with E-state index < -0.39 is 0 Å². The normalized spacial score (nSPS) is 14.8. The molecule has 1 aliphatic heterocycles. The molecule has 0 radical (unpaired) electrons. The maximum Gasteiger partial charge on any atom is 0.230 e. The van der Waals surface area contributed by atoms with Gasteiger partial charge in [-0.2, -0.15) is 4.98 Å². The van der Waals surface area contributed by atoms with Crippen molar-refractivity contribution in [2.24, 2.45) is 0 Å². The number of carbonyl (C=O) groups is 1. The lowest BCUT2D eigenvalue weighted by Gasteiger charge is -2.30. The minimum Gasteiger partial charge on any atom is -0.497 e. The zero-order valence-electron chi connectivity index (χ0n) is 18.4. The Hall–Kier alpha value is -2.37. The van der Waals surface area contributed by atoms with Gasteiger partial charge in [0.15, 0.2) is 0 Å². The van der Waals surface area contributed by atoms with Gasteiger partial charge in [-0.25, -0.2) is 0 Å². The average molecular weight is 414 g/mol. The molecule has 164 valence electrons. The predicted molar refractivity (Wildman–Crippen MR) is 117 cm³/mol. The number of hydrogen-bond donors (Lipinski definition) is 0. The van der Waals surface area contributed by atoms with Crippen molar-refractivity contribution in [3.63, 3.8) is 0 Å². The van der Waals surface area contributed by atoms with Crippen LogP contribution in [0.3, 0.4) is 0 Å². The number of benzene rings is 1. The Kier molecular flexibility index (Phi) is 8.72. The smallest absolute Gasteiger partial charge is 0.230 e. The second-order valence-corrected chi connectivity index (χ2v) is 8.21. The van der Waals surface area contributed by atoms with Crippen LogP contribution in [-0.2, 0) is 4.79 Å². The molecule has 6 nitrogen and oxygen atoms in total. The predicted octanol–water partition coefficient (Wildman–Crippen LogP) is 5.59. The Labute approximate surface area is 180 Å². The Balaban J connectivity index is 1.41. The van der Waals surface area contributed by atoms with E-state index in [-0.39, 0.29) is 5.92 Å². The van der Waals surface area contributed by atoms with E-state index in [2.05, 4.69) is 17.1 Å². The van der Waals surface area contributed by atoms with Gasteiger partial charge < -0.3 is 14.2 Å². The van der Waals surface area contributed by atoms with Crippen LogP contribution in [0.4, 0.5) is 0 Å². The highest BCUT2D eigenvalue weighted by Gasteiger charge is 2.27. The van der Waals surface area contributed by atoms with Gasteiger partial charge in [-0.3, -0.25) is 4.79 Å². The van der Waals surface area contributed by atoms with Gasteiger partial charge in [-0.05, 0) is 31.4 Å². The Morgan fingerprint density at radius 2 is 1.87 bits per heavy atom. The van der Waals surface area contributed by atoms with E-state index in [1.807, 2.05) is 29.2 Å². The molecule has 1 aliphatic rings. The highest BCUT2D eigenvalue weighted by molar-refractivity contribution is 5.76. The third-order valence-corrected chi connectivity index (χ3v) is 5.96. The van der Waals surface area contributed by atoms with E-state index in [9.17, 15) is 4.79 Å². The van der Waals surface area contributed by atoms with Crippen LogP contribution in [-0.4, -0.2) is 41.1 Å². The van der Waals surface area contributed by atoms with Crippen LogP contribution in [0.5, 0.6) is 5.75 Å². The molecule has 0 unspecified atom stereocenters. The zero-order chi connectivity index (χ0) is 21.2. The number of likely N-dealkylation sites (tertiary alicyclic amines) is 1. The van der Waals surface area contributed by atoms with Crippen molar-refractivity contribution in [3.05, 3.63) is 30.2 Å². The maximum atomic E-state index is 12.5. The zero-order valence-corrected chi connectivity index (χ0v) is 18.4. The van der Waals surface area contributed by atoms with Crippen LogP contribution in [0.1, 0.15) is 82.9 Å². The lowest BCUT2D eigenvalue weighted by atomic mass is 9.96. The molecule has 1 amide bonds. The molecule has 1 fully saturated rings. The molecule has 0 spiro atoms. The summed E-state index contributed by atoms with van der Waals surface area (Å²) in [5, 5.41) is 4.15. The van der Waals surface area contributed by atoms with Gasteiger partial charge >= 0.3 is 0 Å². The molecule has 0 bridgehead atoms. The molecular formula is C24H35N3O3. The molecule has 3 rings (SSSR count). The van der Waals surface area contributed by atoms with E-state index in [1.165, 1.54) is 38.5 Å².